The van der Waals surface area contributed by atoms with Crippen molar-refractivity contribution in [1.82, 2.24) is 10.3 Å². The van der Waals surface area contributed by atoms with Crippen LogP contribution in [0.3, 0.4) is 0 Å². The summed E-state index contributed by atoms with van der Waals surface area (Å²) in [5, 5.41) is 5.91. The molecule has 0 bridgehead atoms. The van der Waals surface area contributed by atoms with E-state index in [1.807, 2.05) is 47.8 Å². The molecule has 0 spiro atoms. The van der Waals surface area contributed by atoms with E-state index in [4.69, 9.17) is 0 Å². The zero-order valence-corrected chi connectivity index (χ0v) is 13.5. The summed E-state index contributed by atoms with van der Waals surface area (Å²) in [4.78, 5) is 18.3. The fourth-order valence-electron chi connectivity index (χ4n) is 2.31. The molecule has 0 saturated carbocycles. The number of pyridine rings is 1. The van der Waals surface area contributed by atoms with Crippen LogP contribution in [0.2, 0.25) is 0 Å². The third-order valence-electron chi connectivity index (χ3n) is 3.41. The summed E-state index contributed by atoms with van der Waals surface area (Å²) in [6.07, 6.45) is 0. The van der Waals surface area contributed by atoms with Crippen molar-refractivity contribution in [2.45, 2.75) is 13.8 Å². The second-order valence-corrected chi connectivity index (χ2v) is 6.60. The molecular formula is C18H18N2OS. The summed E-state index contributed by atoms with van der Waals surface area (Å²) in [6, 6.07) is 13.7. The van der Waals surface area contributed by atoms with Gasteiger partial charge in [-0.3, -0.25) is 4.79 Å². The van der Waals surface area contributed by atoms with Gasteiger partial charge in [0.05, 0.1) is 21.7 Å². The Kier molecular flexibility index (Phi) is 4.20. The second-order valence-electron chi connectivity index (χ2n) is 5.65. The van der Waals surface area contributed by atoms with Crippen LogP contribution in [0.15, 0.2) is 47.8 Å². The van der Waals surface area contributed by atoms with E-state index in [0.29, 0.717) is 18.0 Å². The number of para-hydroxylation sites is 1. The van der Waals surface area contributed by atoms with Crippen LogP contribution >= 0.6 is 11.3 Å². The van der Waals surface area contributed by atoms with Crippen molar-refractivity contribution in [3.8, 4) is 10.6 Å². The number of nitrogens with zero attached hydrogens (tertiary/aromatic N) is 1. The fourth-order valence-corrected chi connectivity index (χ4v) is 2.99. The number of fused-ring (bicyclic) bond motifs is 1. The van der Waals surface area contributed by atoms with Gasteiger partial charge in [0.25, 0.3) is 5.91 Å². The molecule has 3 rings (SSSR count). The molecule has 1 aromatic carbocycles. The number of hydrogen-bond donors (Lipinski definition) is 1. The van der Waals surface area contributed by atoms with Crippen LogP contribution in [0, 0.1) is 5.92 Å². The van der Waals surface area contributed by atoms with E-state index in [1.165, 1.54) is 0 Å². The van der Waals surface area contributed by atoms with Crippen LogP contribution in [0.4, 0.5) is 0 Å². The van der Waals surface area contributed by atoms with Crippen LogP contribution in [0.25, 0.3) is 21.5 Å². The molecule has 0 aliphatic heterocycles. The average Bonchev–Trinajstić information content (AvgIpc) is 3.06. The van der Waals surface area contributed by atoms with Gasteiger partial charge in [-0.25, -0.2) is 4.98 Å². The minimum absolute atomic E-state index is 0.0369. The topological polar surface area (TPSA) is 42.0 Å². The van der Waals surface area contributed by atoms with Crippen LogP contribution < -0.4 is 5.32 Å². The highest BCUT2D eigenvalue weighted by Gasteiger charge is 2.14. The molecule has 3 nitrogen and oxygen atoms in total. The number of amides is 1. The number of aromatic nitrogens is 1. The first-order valence-electron chi connectivity index (χ1n) is 7.37. The molecule has 0 unspecified atom stereocenters. The number of thiophene rings is 1. The van der Waals surface area contributed by atoms with Gasteiger partial charge in [-0.1, -0.05) is 38.1 Å². The maximum atomic E-state index is 12.5. The highest BCUT2D eigenvalue weighted by Crippen LogP contribution is 2.27. The number of carbonyl (C=O) groups excluding carboxylic acids is 1. The highest BCUT2D eigenvalue weighted by atomic mass is 32.1. The van der Waals surface area contributed by atoms with E-state index in [2.05, 4.69) is 24.1 Å². The van der Waals surface area contributed by atoms with Crippen molar-refractivity contribution in [3.05, 3.63) is 53.4 Å². The zero-order valence-electron chi connectivity index (χ0n) is 12.7. The fraction of sp³-hybridized carbons (Fsp3) is 0.222. The van der Waals surface area contributed by atoms with Gasteiger partial charge >= 0.3 is 0 Å². The average molecular weight is 310 g/mol. The van der Waals surface area contributed by atoms with Gasteiger partial charge in [0.2, 0.25) is 0 Å². The zero-order chi connectivity index (χ0) is 15.5. The first-order valence-corrected chi connectivity index (χ1v) is 8.25. The van der Waals surface area contributed by atoms with E-state index < -0.39 is 0 Å². The normalized spacial score (nSPS) is 11.0. The van der Waals surface area contributed by atoms with E-state index >= 15 is 0 Å². The highest BCUT2D eigenvalue weighted by molar-refractivity contribution is 7.13. The van der Waals surface area contributed by atoms with Crippen molar-refractivity contribution in [2.75, 3.05) is 6.54 Å². The lowest BCUT2D eigenvalue weighted by Crippen LogP contribution is -2.27. The Labute approximate surface area is 134 Å². The molecule has 1 amide bonds. The Morgan fingerprint density at radius 2 is 2.05 bits per heavy atom. The van der Waals surface area contributed by atoms with E-state index in [0.717, 1.165) is 21.5 Å². The van der Waals surface area contributed by atoms with E-state index in [9.17, 15) is 4.79 Å². The predicted molar refractivity (Wildman–Crippen MR) is 92.2 cm³/mol. The molecule has 2 aromatic heterocycles. The maximum Gasteiger partial charge on any atom is 0.252 e. The Hall–Kier alpha value is -2.20. The lowest BCUT2D eigenvalue weighted by molar-refractivity contribution is 0.0950. The Morgan fingerprint density at radius 3 is 2.77 bits per heavy atom. The van der Waals surface area contributed by atoms with Gasteiger partial charge in [-0.05, 0) is 29.5 Å². The van der Waals surface area contributed by atoms with E-state index in [-0.39, 0.29) is 5.91 Å². The van der Waals surface area contributed by atoms with Gasteiger partial charge in [0.1, 0.15) is 0 Å². The molecule has 0 radical (unpaired) electrons. The summed E-state index contributed by atoms with van der Waals surface area (Å²) in [6.45, 7) is 4.84. The van der Waals surface area contributed by atoms with Gasteiger partial charge in [0.15, 0.2) is 0 Å². The molecule has 0 aliphatic carbocycles. The van der Waals surface area contributed by atoms with Gasteiger partial charge in [0, 0.05) is 11.9 Å². The van der Waals surface area contributed by atoms with Gasteiger partial charge in [-0.2, -0.15) is 0 Å². The van der Waals surface area contributed by atoms with E-state index in [1.54, 1.807) is 11.3 Å². The molecule has 22 heavy (non-hydrogen) atoms. The Balaban J connectivity index is 2.08. The van der Waals surface area contributed by atoms with Crippen molar-refractivity contribution in [2.24, 2.45) is 5.92 Å². The molecule has 0 fully saturated rings. The maximum absolute atomic E-state index is 12.5. The summed E-state index contributed by atoms with van der Waals surface area (Å²) < 4.78 is 0. The molecular weight excluding hydrogens is 292 g/mol. The summed E-state index contributed by atoms with van der Waals surface area (Å²) in [7, 11) is 0. The summed E-state index contributed by atoms with van der Waals surface area (Å²) in [5.41, 5.74) is 2.39. The largest absolute Gasteiger partial charge is 0.352 e. The van der Waals surface area contributed by atoms with Crippen LogP contribution in [0.1, 0.15) is 24.2 Å². The number of nitrogens with one attached hydrogen (secondary N) is 1. The van der Waals surface area contributed by atoms with Crippen LogP contribution in [-0.4, -0.2) is 17.4 Å². The standard InChI is InChI=1S/C18H18N2OS/c1-12(2)11-19-18(21)14-10-16(17-8-5-9-22-17)20-15-7-4-3-6-13(14)15/h3-10,12H,11H2,1-2H3,(H,19,21). The van der Waals surface area contributed by atoms with Crippen molar-refractivity contribution < 1.29 is 4.79 Å². The predicted octanol–water partition coefficient (Wildman–Crippen LogP) is 4.35. The molecule has 0 aliphatic rings. The quantitative estimate of drug-likeness (QED) is 0.778. The lowest BCUT2D eigenvalue weighted by Gasteiger charge is -2.11. The number of hydrogen-bond acceptors (Lipinski definition) is 3. The first-order chi connectivity index (χ1) is 10.6. The molecule has 112 valence electrons. The summed E-state index contributed by atoms with van der Waals surface area (Å²) in [5.74, 6) is 0.388. The minimum Gasteiger partial charge on any atom is -0.352 e. The Bertz CT molecular complexity index is 794. The molecule has 4 heteroatoms. The molecule has 0 saturated heterocycles. The third-order valence-corrected chi connectivity index (χ3v) is 4.30. The van der Waals surface area contributed by atoms with Crippen molar-refractivity contribution >= 4 is 28.1 Å². The Morgan fingerprint density at radius 1 is 1.23 bits per heavy atom. The van der Waals surface area contributed by atoms with Crippen LogP contribution in [-0.2, 0) is 0 Å². The molecule has 2 heterocycles. The molecule has 0 atom stereocenters. The third kappa shape index (κ3) is 3.02. The molecule has 1 N–H and O–H groups in total. The van der Waals surface area contributed by atoms with Crippen molar-refractivity contribution in [3.63, 3.8) is 0 Å². The number of carbonyl (C=O) groups is 1. The van der Waals surface area contributed by atoms with Gasteiger partial charge < -0.3 is 5.32 Å². The second kappa shape index (κ2) is 6.28. The first kappa shape index (κ1) is 14.7. The smallest absolute Gasteiger partial charge is 0.252 e. The van der Waals surface area contributed by atoms with Crippen molar-refractivity contribution in [1.29, 1.82) is 0 Å². The summed E-state index contributed by atoms with van der Waals surface area (Å²) >= 11 is 1.63. The minimum atomic E-state index is -0.0369. The number of benzene rings is 1. The van der Waals surface area contributed by atoms with Gasteiger partial charge in [-0.15, -0.1) is 11.3 Å². The van der Waals surface area contributed by atoms with Crippen LogP contribution in [0.5, 0.6) is 0 Å². The molecule has 3 aromatic rings. The number of rotatable bonds is 4. The lowest BCUT2D eigenvalue weighted by atomic mass is 10.1. The SMILES string of the molecule is CC(C)CNC(=O)c1cc(-c2cccs2)nc2ccccc12. The monoisotopic (exact) mass is 310 g/mol.